The van der Waals surface area contributed by atoms with Crippen molar-refractivity contribution in [1.82, 2.24) is 4.98 Å². The molecule has 8 heteroatoms. The smallest absolute Gasteiger partial charge is 0.353 e. The fraction of sp³-hybridized carbons (Fsp3) is 0.320. The van der Waals surface area contributed by atoms with E-state index in [-0.39, 0.29) is 18.1 Å². The third kappa shape index (κ3) is 5.54. The summed E-state index contributed by atoms with van der Waals surface area (Å²) in [6.07, 6.45) is 2.39. The molecule has 2 aromatic carbocycles. The fourth-order valence-corrected chi connectivity index (χ4v) is 3.85. The van der Waals surface area contributed by atoms with E-state index in [0.717, 1.165) is 35.0 Å². The second-order valence-electron chi connectivity index (χ2n) is 7.66. The molecule has 0 amide bonds. The summed E-state index contributed by atoms with van der Waals surface area (Å²) in [6.45, 7) is 4.07. The molecule has 1 heterocycles. The fourth-order valence-electron chi connectivity index (χ4n) is 3.73. The van der Waals surface area contributed by atoms with Gasteiger partial charge in [-0.2, -0.15) is 0 Å². The van der Waals surface area contributed by atoms with Gasteiger partial charge >= 0.3 is 5.97 Å². The van der Waals surface area contributed by atoms with Crippen LogP contribution in [0.3, 0.4) is 0 Å². The first-order valence-electron chi connectivity index (χ1n) is 10.8. The number of oxime groups is 1. The van der Waals surface area contributed by atoms with Crippen molar-refractivity contribution in [1.29, 1.82) is 0 Å². The van der Waals surface area contributed by atoms with Gasteiger partial charge in [0.1, 0.15) is 12.4 Å². The van der Waals surface area contributed by atoms with E-state index < -0.39 is 5.97 Å². The zero-order valence-corrected chi connectivity index (χ0v) is 19.7. The van der Waals surface area contributed by atoms with E-state index in [0.29, 0.717) is 34.7 Å². The Morgan fingerprint density at radius 2 is 1.88 bits per heavy atom. The number of aromatic nitrogens is 1. The molecule has 174 valence electrons. The molecule has 3 rings (SSSR count). The number of halogens is 1. The van der Waals surface area contributed by atoms with E-state index in [1.807, 2.05) is 19.9 Å². The predicted molar refractivity (Wildman–Crippen MR) is 129 cm³/mol. The maximum Gasteiger partial charge on any atom is 0.353 e. The highest BCUT2D eigenvalue weighted by molar-refractivity contribution is 6.35. The van der Waals surface area contributed by atoms with Gasteiger partial charge in [0.05, 0.1) is 12.7 Å². The van der Waals surface area contributed by atoms with E-state index in [4.69, 9.17) is 21.2 Å². The molecular weight excluding hydrogens is 444 g/mol. The number of carbonyl (C=O) groups is 2. The molecule has 0 radical (unpaired) electrons. The van der Waals surface area contributed by atoms with Gasteiger partial charge in [0, 0.05) is 40.0 Å². The monoisotopic (exact) mass is 470 g/mol. The molecule has 0 spiro atoms. The minimum atomic E-state index is -1.08. The number of hydrogen-bond acceptors (Lipinski definition) is 5. The van der Waals surface area contributed by atoms with E-state index >= 15 is 0 Å². The number of rotatable bonds is 11. The Labute approximate surface area is 197 Å². The van der Waals surface area contributed by atoms with Crippen molar-refractivity contribution >= 4 is 40.0 Å². The number of unbranched alkanes of at least 4 members (excludes halogenated alkanes) is 1. The van der Waals surface area contributed by atoms with Gasteiger partial charge in [-0.3, -0.25) is 4.79 Å². The highest BCUT2D eigenvalue weighted by atomic mass is 35.5. The maximum absolute atomic E-state index is 13.5. The Morgan fingerprint density at radius 3 is 2.52 bits per heavy atom. The normalized spacial score (nSPS) is 11.6. The van der Waals surface area contributed by atoms with E-state index in [1.165, 1.54) is 7.11 Å². The van der Waals surface area contributed by atoms with Crippen LogP contribution >= 0.6 is 11.6 Å². The number of hydrogen-bond donors (Lipinski definition) is 2. The number of nitrogens with one attached hydrogen (secondary N) is 1. The van der Waals surface area contributed by atoms with Gasteiger partial charge in [-0.15, -0.1) is 0 Å². The van der Waals surface area contributed by atoms with Crippen molar-refractivity contribution in [3.8, 4) is 5.75 Å². The van der Waals surface area contributed by atoms with Crippen molar-refractivity contribution in [3.05, 3.63) is 63.8 Å². The number of carbonyl (C=O) groups excluding carboxylic acids is 1. The summed E-state index contributed by atoms with van der Waals surface area (Å²) in [5, 5.41) is 14.4. The molecule has 0 saturated heterocycles. The Kier molecular flexibility index (Phi) is 8.11. The topological polar surface area (TPSA) is 101 Å². The maximum atomic E-state index is 13.5. The molecule has 0 bridgehead atoms. The highest BCUT2D eigenvalue weighted by Crippen LogP contribution is 2.34. The SMILES string of the molecule is CCCCC(=NOCCc1c(C)[nH]c2ccc(OC)c(C(=O)c3ccc(Cl)cc3)c12)C(=O)O. The molecule has 0 saturated carbocycles. The number of carboxylic acid groups (broad SMARTS) is 1. The number of aliphatic carboxylic acids is 1. The van der Waals surface area contributed by atoms with Crippen LogP contribution in [-0.4, -0.2) is 41.3 Å². The van der Waals surface area contributed by atoms with Crippen molar-refractivity contribution in [3.63, 3.8) is 0 Å². The van der Waals surface area contributed by atoms with Crippen LogP contribution in [0.2, 0.25) is 5.02 Å². The zero-order valence-electron chi connectivity index (χ0n) is 18.9. The third-order valence-corrected chi connectivity index (χ3v) is 5.68. The van der Waals surface area contributed by atoms with Crippen LogP contribution in [0.15, 0.2) is 41.6 Å². The molecule has 2 N–H and O–H groups in total. The van der Waals surface area contributed by atoms with Crippen LogP contribution in [0.1, 0.15) is 53.4 Å². The molecule has 0 aliphatic carbocycles. The molecule has 0 aliphatic heterocycles. The first-order valence-corrected chi connectivity index (χ1v) is 11.2. The van der Waals surface area contributed by atoms with Gasteiger partial charge in [-0.25, -0.2) is 4.79 Å². The van der Waals surface area contributed by atoms with Crippen LogP contribution < -0.4 is 4.74 Å². The lowest BCUT2D eigenvalue weighted by Gasteiger charge is -2.11. The Balaban J connectivity index is 1.94. The average Bonchev–Trinajstić information content (AvgIpc) is 3.12. The number of H-pyrrole nitrogens is 1. The number of methoxy groups -OCH3 is 1. The number of ether oxygens (including phenoxy) is 1. The van der Waals surface area contributed by atoms with Crippen molar-refractivity contribution in [2.45, 2.75) is 39.5 Å². The van der Waals surface area contributed by atoms with E-state index in [9.17, 15) is 14.7 Å². The minimum Gasteiger partial charge on any atom is -0.496 e. The van der Waals surface area contributed by atoms with Gasteiger partial charge in [-0.05, 0) is 55.3 Å². The van der Waals surface area contributed by atoms with Crippen LogP contribution in [0, 0.1) is 6.92 Å². The summed E-state index contributed by atoms with van der Waals surface area (Å²) < 4.78 is 5.53. The molecular formula is C25H27ClN2O5. The Hall–Kier alpha value is -3.32. The summed E-state index contributed by atoms with van der Waals surface area (Å²) in [7, 11) is 1.53. The summed E-state index contributed by atoms with van der Waals surface area (Å²) in [4.78, 5) is 33.4. The van der Waals surface area contributed by atoms with Crippen LogP contribution in [0.4, 0.5) is 0 Å². The predicted octanol–water partition coefficient (Wildman–Crippen LogP) is 5.56. The van der Waals surface area contributed by atoms with Gasteiger partial charge < -0.3 is 19.7 Å². The summed E-state index contributed by atoms with van der Waals surface area (Å²) in [5.74, 6) is -0.789. The number of ketones is 1. The second-order valence-corrected chi connectivity index (χ2v) is 8.10. The number of carboxylic acids is 1. The van der Waals surface area contributed by atoms with Crippen LogP contribution in [0.25, 0.3) is 10.9 Å². The van der Waals surface area contributed by atoms with Crippen LogP contribution in [0.5, 0.6) is 5.75 Å². The highest BCUT2D eigenvalue weighted by Gasteiger charge is 2.23. The molecule has 0 atom stereocenters. The largest absolute Gasteiger partial charge is 0.496 e. The van der Waals surface area contributed by atoms with E-state index in [2.05, 4.69) is 10.1 Å². The first kappa shape index (κ1) is 24.3. The number of aryl methyl sites for hydroxylation is 1. The van der Waals surface area contributed by atoms with Crippen molar-refractivity contribution in [2.75, 3.05) is 13.7 Å². The second kappa shape index (κ2) is 11.0. The van der Waals surface area contributed by atoms with Crippen molar-refractivity contribution in [2.24, 2.45) is 5.16 Å². The lowest BCUT2D eigenvalue weighted by Crippen LogP contribution is -2.14. The number of benzene rings is 2. The number of aromatic amines is 1. The molecule has 0 unspecified atom stereocenters. The first-order chi connectivity index (χ1) is 15.9. The zero-order chi connectivity index (χ0) is 24.0. The summed E-state index contributed by atoms with van der Waals surface area (Å²) in [6, 6.07) is 10.4. The summed E-state index contributed by atoms with van der Waals surface area (Å²) in [5.41, 5.74) is 3.54. The summed E-state index contributed by atoms with van der Waals surface area (Å²) >= 11 is 5.98. The third-order valence-electron chi connectivity index (χ3n) is 5.43. The van der Waals surface area contributed by atoms with E-state index in [1.54, 1.807) is 30.3 Å². The Morgan fingerprint density at radius 1 is 1.15 bits per heavy atom. The average molecular weight is 471 g/mol. The standard InChI is InChI=1S/C25H27ClN2O5/c1-4-5-6-20(25(30)31)28-33-14-13-18-15(2)27-19-11-12-21(32-3)23(22(18)19)24(29)16-7-9-17(26)10-8-16/h7-12,27H,4-6,13-14H2,1-3H3,(H,30,31). The van der Waals surface area contributed by atoms with Crippen molar-refractivity contribution < 1.29 is 24.3 Å². The Bertz CT molecular complexity index is 1180. The van der Waals surface area contributed by atoms with Gasteiger partial charge in [0.15, 0.2) is 11.5 Å². The van der Waals surface area contributed by atoms with Gasteiger partial charge in [0.25, 0.3) is 0 Å². The molecule has 33 heavy (non-hydrogen) atoms. The minimum absolute atomic E-state index is 0.00720. The molecule has 0 fully saturated rings. The lowest BCUT2D eigenvalue weighted by atomic mass is 9.95. The molecule has 7 nitrogen and oxygen atoms in total. The molecule has 3 aromatic rings. The van der Waals surface area contributed by atoms with Gasteiger partial charge in [-0.1, -0.05) is 30.1 Å². The molecule has 1 aromatic heterocycles. The number of fused-ring (bicyclic) bond motifs is 1. The molecule has 0 aliphatic rings. The van der Waals surface area contributed by atoms with Crippen LogP contribution in [-0.2, 0) is 16.1 Å². The lowest BCUT2D eigenvalue weighted by molar-refractivity contribution is -0.129. The van der Waals surface area contributed by atoms with Gasteiger partial charge in [0.2, 0.25) is 0 Å². The quantitative estimate of drug-likeness (QED) is 0.165. The number of nitrogens with zero attached hydrogens (tertiary/aromatic N) is 1.